The van der Waals surface area contributed by atoms with E-state index in [4.69, 9.17) is 4.42 Å². The summed E-state index contributed by atoms with van der Waals surface area (Å²) in [4.78, 5) is 17.1. The molecule has 0 aliphatic carbocycles. The van der Waals surface area contributed by atoms with Crippen LogP contribution in [0.4, 0.5) is 0 Å². The van der Waals surface area contributed by atoms with Crippen molar-refractivity contribution in [3.8, 4) is 0 Å². The van der Waals surface area contributed by atoms with E-state index in [1.807, 2.05) is 54.3 Å². The third-order valence-electron chi connectivity index (χ3n) is 5.91. The maximum Gasteiger partial charge on any atom is 0.271 e. The minimum absolute atomic E-state index is 0.0349. The Morgan fingerprint density at radius 3 is 2.44 bits per heavy atom. The number of fused-ring (bicyclic) bond motifs is 1. The lowest BCUT2D eigenvalue weighted by atomic mass is 10.1. The van der Waals surface area contributed by atoms with Gasteiger partial charge in [0.25, 0.3) is 5.91 Å². The molecule has 0 aliphatic rings. The first-order valence-electron chi connectivity index (χ1n) is 11.2. The van der Waals surface area contributed by atoms with E-state index in [0.29, 0.717) is 25.3 Å². The standard InChI is InChI=1S/C27H31N3O2/c1-20-10-8-9-13-23(20)19-30-24-16-21(2)32-26(24)17-25(30)27(31)29(15-14-28(3)4)18-22-11-6-5-7-12-22/h5-13,16-17H,14-15,18-19H2,1-4H3/p+1. The van der Waals surface area contributed by atoms with Crippen molar-refractivity contribution < 1.29 is 14.1 Å². The SMILES string of the molecule is Cc1cc2c(cc(C(=O)N(CC[NH+](C)C)Cc3ccccc3)n2Cc2ccccc2C)o1. The Kier molecular flexibility index (Phi) is 6.47. The van der Waals surface area contributed by atoms with Gasteiger partial charge in [-0.2, -0.15) is 0 Å². The van der Waals surface area contributed by atoms with Crippen LogP contribution in [0, 0.1) is 13.8 Å². The van der Waals surface area contributed by atoms with E-state index < -0.39 is 0 Å². The molecule has 4 rings (SSSR count). The zero-order valence-electron chi connectivity index (χ0n) is 19.4. The third kappa shape index (κ3) is 4.78. The van der Waals surface area contributed by atoms with Crippen LogP contribution in [0.15, 0.2) is 71.1 Å². The number of nitrogens with zero attached hydrogens (tertiary/aromatic N) is 2. The van der Waals surface area contributed by atoms with E-state index in [2.05, 4.69) is 49.9 Å². The third-order valence-corrected chi connectivity index (χ3v) is 5.91. The first kappa shape index (κ1) is 21.9. The molecule has 2 aromatic carbocycles. The van der Waals surface area contributed by atoms with E-state index >= 15 is 0 Å². The fourth-order valence-corrected chi connectivity index (χ4v) is 4.05. The molecule has 5 nitrogen and oxygen atoms in total. The molecule has 0 spiro atoms. The molecule has 0 fully saturated rings. The van der Waals surface area contributed by atoms with Crippen LogP contribution in [-0.4, -0.2) is 42.6 Å². The van der Waals surface area contributed by atoms with Crippen LogP contribution in [0.25, 0.3) is 11.1 Å². The normalized spacial score (nSPS) is 11.4. The summed E-state index contributed by atoms with van der Waals surface area (Å²) < 4.78 is 8.02. The first-order valence-corrected chi connectivity index (χ1v) is 11.2. The van der Waals surface area contributed by atoms with Gasteiger partial charge in [-0.05, 0) is 30.5 Å². The highest BCUT2D eigenvalue weighted by Crippen LogP contribution is 2.26. The Bertz CT molecular complexity index is 1200. The lowest BCUT2D eigenvalue weighted by Crippen LogP contribution is -3.06. The molecule has 0 radical (unpaired) electrons. The molecule has 1 amide bonds. The van der Waals surface area contributed by atoms with Crippen molar-refractivity contribution in [2.45, 2.75) is 26.9 Å². The Morgan fingerprint density at radius 1 is 1.00 bits per heavy atom. The molecular weight excluding hydrogens is 398 g/mol. The summed E-state index contributed by atoms with van der Waals surface area (Å²) in [6.45, 7) is 6.84. The Labute approximate surface area is 189 Å². The molecule has 0 unspecified atom stereocenters. The van der Waals surface area contributed by atoms with Crippen LogP contribution < -0.4 is 4.90 Å². The van der Waals surface area contributed by atoms with E-state index in [0.717, 1.165) is 29.0 Å². The van der Waals surface area contributed by atoms with Gasteiger partial charge in [-0.1, -0.05) is 54.6 Å². The van der Waals surface area contributed by atoms with Crippen molar-refractivity contribution in [3.63, 3.8) is 0 Å². The average molecular weight is 431 g/mol. The first-order chi connectivity index (χ1) is 15.4. The van der Waals surface area contributed by atoms with Gasteiger partial charge in [0, 0.05) is 25.2 Å². The maximum absolute atomic E-state index is 13.9. The van der Waals surface area contributed by atoms with Crippen molar-refractivity contribution in [3.05, 3.63) is 94.9 Å². The number of hydrogen-bond acceptors (Lipinski definition) is 2. The predicted octanol–water partition coefficient (Wildman–Crippen LogP) is 3.69. The lowest BCUT2D eigenvalue weighted by Gasteiger charge is -2.24. The maximum atomic E-state index is 13.9. The van der Waals surface area contributed by atoms with Gasteiger partial charge in [-0.25, -0.2) is 0 Å². The molecule has 166 valence electrons. The second-order valence-electron chi connectivity index (χ2n) is 8.82. The van der Waals surface area contributed by atoms with E-state index in [1.165, 1.54) is 16.0 Å². The minimum Gasteiger partial charge on any atom is -0.460 e. The molecule has 2 heterocycles. The Morgan fingerprint density at radius 2 is 1.72 bits per heavy atom. The summed E-state index contributed by atoms with van der Waals surface area (Å²) in [5.74, 6) is 0.887. The van der Waals surface area contributed by atoms with Gasteiger partial charge in [-0.15, -0.1) is 0 Å². The van der Waals surface area contributed by atoms with E-state index in [-0.39, 0.29) is 5.91 Å². The molecule has 4 aromatic rings. The van der Waals surface area contributed by atoms with Gasteiger partial charge >= 0.3 is 0 Å². The number of quaternary nitrogens is 1. The van der Waals surface area contributed by atoms with Crippen LogP contribution in [-0.2, 0) is 13.1 Å². The fraction of sp³-hybridized carbons (Fsp3) is 0.296. The van der Waals surface area contributed by atoms with Crippen molar-refractivity contribution in [2.75, 3.05) is 27.2 Å². The predicted molar refractivity (Wildman–Crippen MR) is 128 cm³/mol. The molecule has 0 bridgehead atoms. The molecule has 1 N–H and O–H groups in total. The molecule has 0 aliphatic heterocycles. The molecular formula is C27H32N3O2+. The number of carbonyl (C=O) groups is 1. The second-order valence-corrected chi connectivity index (χ2v) is 8.82. The lowest BCUT2D eigenvalue weighted by molar-refractivity contribution is -0.857. The quantitative estimate of drug-likeness (QED) is 0.463. The fourth-order valence-electron chi connectivity index (χ4n) is 4.05. The van der Waals surface area contributed by atoms with Crippen LogP contribution in [0.5, 0.6) is 0 Å². The zero-order chi connectivity index (χ0) is 22.7. The summed E-state index contributed by atoms with van der Waals surface area (Å²) in [6.07, 6.45) is 0. The van der Waals surface area contributed by atoms with Gasteiger partial charge in [0.2, 0.25) is 0 Å². The van der Waals surface area contributed by atoms with Crippen molar-refractivity contribution in [2.24, 2.45) is 0 Å². The van der Waals surface area contributed by atoms with Gasteiger partial charge in [-0.3, -0.25) is 4.79 Å². The highest BCUT2D eigenvalue weighted by atomic mass is 16.3. The number of benzene rings is 2. The van der Waals surface area contributed by atoms with Gasteiger partial charge in [0.1, 0.15) is 11.5 Å². The largest absolute Gasteiger partial charge is 0.460 e. The van der Waals surface area contributed by atoms with Gasteiger partial charge in [0.15, 0.2) is 5.58 Å². The number of nitrogens with one attached hydrogen (secondary N) is 1. The number of carbonyl (C=O) groups excluding carboxylic acids is 1. The van der Waals surface area contributed by atoms with Crippen LogP contribution in [0.3, 0.4) is 0 Å². The summed E-state index contributed by atoms with van der Waals surface area (Å²) >= 11 is 0. The topological polar surface area (TPSA) is 42.8 Å². The summed E-state index contributed by atoms with van der Waals surface area (Å²) in [6, 6.07) is 22.4. The summed E-state index contributed by atoms with van der Waals surface area (Å²) in [7, 11) is 4.23. The van der Waals surface area contributed by atoms with Crippen molar-refractivity contribution in [1.29, 1.82) is 0 Å². The van der Waals surface area contributed by atoms with Crippen LogP contribution in [0.2, 0.25) is 0 Å². The second kappa shape index (κ2) is 9.45. The molecule has 32 heavy (non-hydrogen) atoms. The van der Waals surface area contributed by atoms with E-state index in [1.54, 1.807) is 0 Å². The molecule has 0 saturated carbocycles. The Hall–Kier alpha value is -3.31. The number of rotatable bonds is 8. The van der Waals surface area contributed by atoms with Crippen molar-refractivity contribution in [1.82, 2.24) is 9.47 Å². The zero-order valence-corrected chi connectivity index (χ0v) is 19.4. The average Bonchev–Trinajstić information content (AvgIpc) is 3.29. The number of furan rings is 1. The number of hydrogen-bond donors (Lipinski definition) is 1. The number of amides is 1. The minimum atomic E-state index is 0.0349. The monoisotopic (exact) mass is 430 g/mol. The smallest absolute Gasteiger partial charge is 0.271 e. The molecule has 0 atom stereocenters. The summed E-state index contributed by atoms with van der Waals surface area (Å²) in [5, 5.41) is 0. The highest BCUT2D eigenvalue weighted by Gasteiger charge is 2.24. The summed E-state index contributed by atoms with van der Waals surface area (Å²) in [5.41, 5.74) is 5.94. The number of aromatic nitrogens is 1. The molecule has 0 saturated heterocycles. The van der Waals surface area contributed by atoms with Gasteiger partial charge in [0.05, 0.1) is 32.7 Å². The van der Waals surface area contributed by atoms with Crippen LogP contribution in [0.1, 0.15) is 32.9 Å². The Balaban J connectivity index is 1.72. The van der Waals surface area contributed by atoms with Crippen LogP contribution >= 0.6 is 0 Å². The van der Waals surface area contributed by atoms with Crippen molar-refractivity contribution >= 4 is 17.0 Å². The number of aryl methyl sites for hydroxylation is 2. The number of likely N-dealkylation sites (N-methyl/N-ethyl adjacent to an activating group) is 1. The molecule has 5 heteroatoms. The molecule has 2 aromatic heterocycles. The van der Waals surface area contributed by atoms with E-state index in [9.17, 15) is 4.79 Å². The highest BCUT2D eigenvalue weighted by molar-refractivity contribution is 5.97. The van der Waals surface area contributed by atoms with Gasteiger partial charge < -0.3 is 18.8 Å².